The van der Waals surface area contributed by atoms with E-state index in [1.54, 1.807) is 24.0 Å². The number of hydrogen-bond donors (Lipinski definition) is 3. The number of urea groups is 1. The molecule has 0 saturated heterocycles. The third-order valence-corrected chi connectivity index (χ3v) is 3.81. The molecule has 20 heavy (non-hydrogen) atoms. The number of carbonyl (C=O) groups excluding carboxylic acids is 1. The highest BCUT2D eigenvalue weighted by molar-refractivity contribution is 5.88. The highest BCUT2D eigenvalue weighted by Crippen LogP contribution is 2.35. The molecular weight excluding hydrogens is 260 g/mol. The van der Waals surface area contributed by atoms with Crippen molar-refractivity contribution in [1.29, 1.82) is 0 Å². The van der Waals surface area contributed by atoms with Crippen molar-refractivity contribution in [3.05, 3.63) is 12.3 Å². The Kier molecular flexibility index (Phi) is 4.26. The summed E-state index contributed by atoms with van der Waals surface area (Å²) in [5.41, 5.74) is -0.820. The molecule has 1 aliphatic carbocycles. The van der Waals surface area contributed by atoms with Crippen LogP contribution in [-0.2, 0) is 11.8 Å². The van der Waals surface area contributed by atoms with Crippen LogP contribution in [0.5, 0.6) is 0 Å². The number of nitrogens with one attached hydrogen (secondary N) is 2. The van der Waals surface area contributed by atoms with Crippen LogP contribution in [-0.4, -0.2) is 33.4 Å². The molecule has 1 heterocycles. The molecule has 3 N–H and O–H groups in total. The average Bonchev–Trinajstić information content (AvgIpc) is 2.83. The molecule has 2 rings (SSSR count). The van der Waals surface area contributed by atoms with Crippen LogP contribution >= 0.6 is 0 Å². The Morgan fingerprint density at radius 2 is 2.10 bits per heavy atom. The molecule has 2 amide bonds. The molecule has 0 aromatic carbocycles. The first-order chi connectivity index (χ1) is 9.52. The molecule has 1 fully saturated rings. The molecule has 110 valence electrons. The number of rotatable bonds is 4. The van der Waals surface area contributed by atoms with E-state index in [1.165, 1.54) is 0 Å². The van der Waals surface area contributed by atoms with Gasteiger partial charge in [-0.25, -0.2) is 4.79 Å². The van der Waals surface area contributed by atoms with Crippen molar-refractivity contribution >= 4 is 17.8 Å². The van der Waals surface area contributed by atoms with Crippen molar-refractivity contribution in [1.82, 2.24) is 15.1 Å². The number of carbonyl (C=O) groups is 2. The standard InChI is InChI=1S/C13H20N4O3/c1-17-8-5-10(16-17)15-12(20)14-9-13(11(18)19)6-3-2-4-7-13/h5,8H,2-4,6-7,9H2,1H3,(H,18,19)(H2,14,15,16,20). The van der Waals surface area contributed by atoms with Crippen molar-refractivity contribution in [2.45, 2.75) is 32.1 Å². The number of aliphatic carboxylic acids is 1. The van der Waals surface area contributed by atoms with Crippen LogP contribution in [0.25, 0.3) is 0 Å². The van der Waals surface area contributed by atoms with Crippen molar-refractivity contribution in [3.8, 4) is 0 Å². The van der Waals surface area contributed by atoms with Gasteiger partial charge in [0.25, 0.3) is 0 Å². The Morgan fingerprint density at radius 3 is 2.65 bits per heavy atom. The molecule has 0 bridgehead atoms. The topological polar surface area (TPSA) is 96.2 Å². The minimum atomic E-state index is -0.824. The molecule has 0 atom stereocenters. The third kappa shape index (κ3) is 3.28. The lowest BCUT2D eigenvalue weighted by molar-refractivity contribution is -0.150. The molecule has 0 radical (unpaired) electrons. The number of carboxylic acid groups (broad SMARTS) is 1. The fourth-order valence-corrected chi connectivity index (χ4v) is 2.59. The van der Waals surface area contributed by atoms with E-state index >= 15 is 0 Å². The third-order valence-electron chi connectivity index (χ3n) is 3.81. The van der Waals surface area contributed by atoms with E-state index in [4.69, 9.17) is 0 Å². The zero-order valence-corrected chi connectivity index (χ0v) is 11.6. The molecule has 7 heteroatoms. The molecule has 1 saturated carbocycles. The van der Waals surface area contributed by atoms with Gasteiger partial charge in [0.05, 0.1) is 5.41 Å². The number of aromatic nitrogens is 2. The summed E-state index contributed by atoms with van der Waals surface area (Å²) in [6, 6.07) is 1.25. The van der Waals surface area contributed by atoms with Gasteiger partial charge in [0.15, 0.2) is 5.82 Å². The summed E-state index contributed by atoms with van der Waals surface area (Å²) < 4.78 is 1.58. The fraction of sp³-hybridized carbons (Fsp3) is 0.615. The van der Waals surface area contributed by atoms with E-state index in [-0.39, 0.29) is 6.54 Å². The second kappa shape index (κ2) is 5.94. The lowest BCUT2D eigenvalue weighted by Crippen LogP contribution is -2.45. The second-order valence-electron chi connectivity index (χ2n) is 5.33. The Hall–Kier alpha value is -2.05. The summed E-state index contributed by atoms with van der Waals surface area (Å²) in [5.74, 6) is -0.381. The maximum atomic E-state index is 11.8. The maximum Gasteiger partial charge on any atom is 0.320 e. The normalized spacial score (nSPS) is 17.4. The van der Waals surface area contributed by atoms with Gasteiger partial charge in [0, 0.05) is 25.9 Å². The number of aryl methyl sites for hydroxylation is 1. The molecule has 1 aliphatic rings. The molecule has 0 spiro atoms. The predicted octanol–water partition coefficient (Wildman–Crippen LogP) is 1.58. The lowest BCUT2D eigenvalue weighted by Gasteiger charge is -2.33. The van der Waals surface area contributed by atoms with Crippen molar-refractivity contribution < 1.29 is 14.7 Å². The first kappa shape index (κ1) is 14.4. The fourth-order valence-electron chi connectivity index (χ4n) is 2.59. The van der Waals surface area contributed by atoms with Gasteiger partial charge >= 0.3 is 12.0 Å². The van der Waals surface area contributed by atoms with Gasteiger partial charge in [0.2, 0.25) is 0 Å². The lowest BCUT2D eigenvalue weighted by atomic mass is 9.74. The zero-order chi connectivity index (χ0) is 14.6. The van der Waals surface area contributed by atoms with Gasteiger partial charge in [0.1, 0.15) is 0 Å². The quantitative estimate of drug-likeness (QED) is 0.780. The first-order valence-corrected chi connectivity index (χ1v) is 6.80. The van der Waals surface area contributed by atoms with Crippen molar-refractivity contribution in [2.24, 2.45) is 12.5 Å². The summed E-state index contributed by atoms with van der Waals surface area (Å²) in [6.07, 6.45) is 5.81. The SMILES string of the molecule is Cn1ccc(NC(=O)NCC2(C(=O)O)CCCCC2)n1. The van der Waals surface area contributed by atoms with Crippen LogP contribution in [0.4, 0.5) is 10.6 Å². The van der Waals surface area contributed by atoms with E-state index in [0.29, 0.717) is 18.7 Å². The summed E-state index contributed by atoms with van der Waals surface area (Å²) >= 11 is 0. The van der Waals surface area contributed by atoms with Crippen LogP contribution in [0.15, 0.2) is 12.3 Å². The Morgan fingerprint density at radius 1 is 1.40 bits per heavy atom. The van der Waals surface area contributed by atoms with E-state index in [1.807, 2.05) is 0 Å². The smallest absolute Gasteiger partial charge is 0.320 e. The van der Waals surface area contributed by atoms with Crippen LogP contribution in [0.3, 0.4) is 0 Å². The predicted molar refractivity (Wildman–Crippen MR) is 73.4 cm³/mol. The Balaban J connectivity index is 1.89. The van der Waals surface area contributed by atoms with Crippen LogP contribution in [0.2, 0.25) is 0 Å². The monoisotopic (exact) mass is 280 g/mol. The summed E-state index contributed by atoms with van der Waals surface area (Å²) in [4.78, 5) is 23.2. The van der Waals surface area contributed by atoms with E-state index in [9.17, 15) is 14.7 Å². The van der Waals surface area contributed by atoms with E-state index < -0.39 is 17.4 Å². The van der Waals surface area contributed by atoms with Crippen molar-refractivity contribution in [2.75, 3.05) is 11.9 Å². The largest absolute Gasteiger partial charge is 0.481 e. The van der Waals surface area contributed by atoms with Crippen LogP contribution in [0, 0.1) is 5.41 Å². The molecular formula is C13H20N4O3. The molecule has 1 aromatic rings. The number of amides is 2. The summed E-state index contributed by atoms with van der Waals surface area (Å²) in [7, 11) is 1.75. The van der Waals surface area contributed by atoms with Gasteiger partial charge in [-0.2, -0.15) is 5.10 Å². The van der Waals surface area contributed by atoms with E-state index in [0.717, 1.165) is 19.3 Å². The first-order valence-electron chi connectivity index (χ1n) is 6.80. The van der Waals surface area contributed by atoms with Crippen LogP contribution in [0.1, 0.15) is 32.1 Å². The van der Waals surface area contributed by atoms with Gasteiger partial charge in [-0.1, -0.05) is 19.3 Å². The average molecular weight is 280 g/mol. The second-order valence-corrected chi connectivity index (χ2v) is 5.33. The van der Waals surface area contributed by atoms with Gasteiger partial charge in [-0.15, -0.1) is 0 Å². The minimum absolute atomic E-state index is 0.154. The maximum absolute atomic E-state index is 11.8. The van der Waals surface area contributed by atoms with Gasteiger partial charge in [-0.3, -0.25) is 14.8 Å². The Labute approximate surface area is 117 Å². The van der Waals surface area contributed by atoms with Gasteiger partial charge in [-0.05, 0) is 12.8 Å². The zero-order valence-electron chi connectivity index (χ0n) is 11.6. The molecule has 1 aromatic heterocycles. The molecule has 7 nitrogen and oxygen atoms in total. The van der Waals surface area contributed by atoms with Gasteiger partial charge < -0.3 is 10.4 Å². The van der Waals surface area contributed by atoms with Crippen LogP contribution < -0.4 is 10.6 Å². The Bertz CT molecular complexity index is 492. The number of nitrogens with zero attached hydrogens (tertiary/aromatic N) is 2. The van der Waals surface area contributed by atoms with E-state index in [2.05, 4.69) is 15.7 Å². The number of anilines is 1. The minimum Gasteiger partial charge on any atom is -0.481 e. The number of carboxylic acids is 1. The van der Waals surface area contributed by atoms with Crippen molar-refractivity contribution in [3.63, 3.8) is 0 Å². The summed E-state index contributed by atoms with van der Waals surface area (Å²) in [6.45, 7) is 0.154. The highest BCUT2D eigenvalue weighted by atomic mass is 16.4. The molecule has 0 unspecified atom stereocenters. The highest BCUT2D eigenvalue weighted by Gasteiger charge is 2.39. The summed E-state index contributed by atoms with van der Waals surface area (Å²) in [5, 5.41) is 18.7. The molecule has 0 aliphatic heterocycles. The number of hydrogen-bond acceptors (Lipinski definition) is 3.